The van der Waals surface area contributed by atoms with Gasteiger partial charge in [0.25, 0.3) is 5.91 Å². The first-order chi connectivity index (χ1) is 14.5. The van der Waals surface area contributed by atoms with Crippen LogP contribution in [0.25, 0.3) is 21.7 Å². The molecule has 1 amide bonds. The van der Waals surface area contributed by atoms with Gasteiger partial charge in [-0.25, -0.2) is 4.79 Å². The second-order valence-corrected chi connectivity index (χ2v) is 10.1. The van der Waals surface area contributed by atoms with Crippen LogP contribution in [-0.2, 0) is 4.79 Å². The van der Waals surface area contributed by atoms with Crippen molar-refractivity contribution in [3.63, 3.8) is 0 Å². The Balaban J connectivity index is 1.50. The monoisotopic (exact) mass is 423 g/mol. The first-order valence-corrected chi connectivity index (χ1v) is 10.8. The molecule has 1 atom stereocenters. The van der Waals surface area contributed by atoms with E-state index in [1.807, 2.05) is 24.3 Å². The second kappa shape index (κ2) is 7.68. The van der Waals surface area contributed by atoms with Gasteiger partial charge >= 0.3 is 5.63 Å². The van der Waals surface area contributed by atoms with Crippen molar-refractivity contribution in [3.05, 3.63) is 52.9 Å². The minimum absolute atomic E-state index is 0.0719. The lowest BCUT2D eigenvalue weighted by Crippen LogP contribution is -3.06. The molecule has 1 aliphatic rings. The molecule has 6 nitrogen and oxygen atoms in total. The molecule has 4 rings (SSSR count). The third-order valence-electron chi connectivity index (χ3n) is 5.95. The van der Waals surface area contributed by atoms with Crippen molar-refractivity contribution < 1.29 is 19.3 Å². The molecule has 1 fully saturated rings. The first kappa shape index (κ1) is 21.4. The Kier molecular flexibility index (Phi) is 5.30. The highest BCUT2D eigenvalue weighted by Crippen LogP contribution is 2.27. The molecule has 3 aromatic rings. The summed E-state index contributed by atoms with van der Waals surface area (Å²) in [6, 6.07) is 12.8. The summed E-state index contributed by atoms with van der Waals surface area (Å²) in [5, 5.41) is 7.77. The molecule has 0 aliphatic carbocycles. The fourth-order valence-corrected chi connectivity index (χ4v) is 5.13. The Morgan fingerprint density at radius 3 is 2.39 bits per heavy atom. The van der Waals surface area contributed by atoms with E-state index in [4.69, 9.17) is 9.15 Å². The Morgan fingerprint density at radius 2 is 1.71 bits per heavy atom. The summed E-state index contributed by atoms with van der Waals surface area (Å²) in [5.41, 5.74) is 0.204. The molecule has 31 heavy (non-hydrogen) atoms. The van der Waals surface area contributed by atoms with Gasteiger partial charge < -0.3 is 19.8 Å². The smallest absolute Gasteiger partial charge is 0.344 e. The number of benzene rings is 2. The van der Waals surface area contributed by atoms with Crippen LogP contribution in [0.1, 0.15) is 47.5 Å². The number of nitrogens with two attached hydrogens (primary N) is 1. The lowest BCUT2D eigenvalue weighted by Gasteiger charge is -2.43. The molecule has 1 aromatic heterocycles. The second-order valence-electron chi connectivity index (χ2n) is 10.1. The van der Waals surface area contributed by atoms with Crippen molar-refractivity contribution in [2.75, 3.05) is 0 Å². The zero-order chi connectivity index (χ0) is 22.4. The third kappa shape index (κ3) is 4.59. The Labute approximate surface area is 182 Å². The largest absolute Gasteiger partial charge is 0.481 e. The molecule has 1 saturated heterocycles. The van der Waals surface area contributed by atoms with E-state index in [1.54, 1.807) is 25.1 Å². The highest BCUT2D eigenvalue weighted by molar-refractivity contribution is 6.04. The maximum absolute atomic E-state index is 12.8. The van der Waals surface area contributed by atoms with Crippen LogP contribution in [0.2, 0.25) is 0 Å². The minimum Gasteiger partial charge on any atom is -0.481 e. The molecule has 164 valence electrons. The zero-order valence-electron chi connectivity index (χ0n) is 18.8. The number of rotatable bonds is 4. The van der Waals surface area contributed by atoms with Crippen molar-refractivity contribution in [3.8, 4) is 5.75 Å². The van der Waals surface area contributed by atoms with Gasteiger partial charge in [0.15, 0.2) is 6.10 Å². The van der Waals surface area contributed by atoms with Gasteiger partial charge in [0, 0.05) is 30.3 Å². The number of nitrogens with one attached hydrogen (secondary N) is 1. The summed E-state index contributed by atoms with van der Waals surface area (Å²) in [6.45, 7) is 10.6. The molecule has 6 heteroatoms. The van der Waals surface area contributed by atoms with E-state index in [0.29, 0.717) is 16.7 Å². The molecular weight excluding hydrogens is 392 g/mol. The van der Waals surface area contributed by atoms with Crippen molar-refractivity contribution in [1.29, 1.82) is 0 Å². The summed E-state index contributed by atoms with van der Waals surface area (Å²) in [7, 11) is 0. The quantitative estimate of drug-likeness (QED) is 0.499. The topological polar surface area (TPSA) is 85.1 Å². The fourth-order valence-electron chi connectivity index (χ4n) is 5.13. The maximum Gasteiger partial charge on any atom is 0.344 e. The first-order valence-electron chi connectivity index (χ1n) is 10.8. The molecule has 2 heterocycles. The molecule has 2 aromatic carbocycles. The van der Waals surface area contributed by atoms with E-state index >= 15 is 0 Å². The van der Waals surface area contributed by atoms with E-state index in [2.05, 4.69) is 38.3 Å². The van der Waals surface area contributed by atoms with Gasteiger partial charge in [0.1, 0.15) is 11.3 Å². The minimum atomic E-state index is -0.665. The Bertz CT molecular complexity index is 1180. The number of hydrogen-bond acceptors (Lipinski definition) is 4. The maximum atomic E-state index is 12.8. The zero-order valence-corrected chi connectivity index (χ0v) is 18.8. The van der Waals surface area contributed by atoms with Crippen LogP contribution in [0, 0.1) is 0 Å². The summed E-state index contributed by atoms with van der Waals surface area (Å²) < 4.78 is 11.4. The van der Waals surface area contributed by atoms with Gasteiger partial charge in [-0.2, -0.15) is 0 Å². The van der Waals surface area contributed by atoms with E-state index in [0.717, 1.165) is 23.6 Å². The van der Waals surface area contributed by atoms with Crippen molar-refractivity contribution >= 4 is 27.6 Å². The summed E-state index contributed by atoms with van der Waals surface area (Å²) >= 11 is 0. The van der Waals surface area contributed by atoms with Gasteiger partial charge in [-0.3, -0.25) is 4.79 Å². The highest BCUT2D eigenvalue weighted by Gasteiger charge is 2.42. The van der Waals surface area contributed by atoms with Crippen LogP contribution in [-0.4, -0.2) is 29.1 Å². The Hall–Kier alpha value is -2.86. The van der Waals surface area contributed by atoms with Gasteiger partial charge in [0.05, 0.1) is 16.5 Å². The number of carbonyl (C=O) groups is 1. The number of amides is 1. The van der Waals surface area contributed by atoms with Gasteiger partial charge in [-0.1, -0.05) is 18.2 Å². The fraction of sp³-hybridized carbons (Fsp3) is 0.440. The molecule has 0 saturated carbocycles. The summed E-state index contributed by atoms with van der Waals surface area (Å²) in [4.78, 5) is 25.1. The Morgan fingerprint density at radius 1 is 1.06 bits per heavy atom. The predicted molar refractivity (Wildman–Crippen MR) is 121 cm³/mol. The van der Waals surface area contributed by atoms with E-state index in [1.165, 1.54) is 0 Å². The molecule has 0 radical (unpaired) electrons. The number of ether oxygens (including phenoxy) is 1. The van der Waals surface area contributed by atoms with Gasteiger partial charge in [-0.05, 0) is 58.2 Å². The van der Waals surface area contributed by atoms with Crippen molar-refractivity contribution in [2.24, 2.45) is 0 Å². The van der Waals surface area contributed by atoms with E-state index in [-0.39, 0.29) is 28.7 Å². The SMILES string of the molecule is C[C@@H](Oc1ccc2c(c1)oc(=O)c1ccccc12)C(=O)NC1CC(C)(C)[NH2+]C(C)(C)C1. The lowest BCUT2D eigenvalue weighted by atomic mass is 9.79. The number of carbonyl (C=O) groups excluding carboxylic acids is 1. The van der Waals surface area contributed by atoms with Crippen LogP contribution in [0.5, 0.6) is 5.75 Å². The lowest BCUT2D eigenvalue weighted by molar-refractivity contribution is -0.787. The number of quaternary nitrogens is 1. The standard InChI is InChI=1S/C25H30N2O4/c1-15(22(28)26-16-13-24(2,3)27-25(4,5)14-16)30-17-10-11-19-18-8-6-7-9-20(18)23(29)31-21(19)12-17/h6-12,15-16,27H,13-14H2,1-5H3,(H,26,28)/p+1/t15-/m1/s1. The van der Waals surface area contributed by atoms with Crippen LogP contribution in [0.3, 0.4) is 0 Å². The third-order valence-corrected chi connectivity index (χ3v) is 5.95. The summed E-state index contributed by atoms with van der Waals surface area (Å²) in [6.07, 6.45) is 1.15. The molecule has 0 bridgehead atoms. The summed E-state index contributed by atoms with van der Waals surface area (Å²) in [5.74, 6) is 0.352. The predicted octanol–water partition coefficient (Wildman–Crippen LogP) is 3.11. The van der Waals surface area contributed by atoms with Crippen LogP contribution in [0.15, 0.2) is 51.7 Å². The van der Waals surface area contributed by atoms with Gasteiger partial charge in [-0.15, -0.1) is 0 Å². The normalized spacial score (nSPS) is 19.3. The van der Waals surface area contributed by atoms with E-state index < -0.39 is 6.10 Å². The highest BCUT2D eigenvalue weighted by atomic mass is 16.5. The van der Waals surface area contributed by atoms with Crippen LogP contribution < -0.4 is 21.0 Å². The van der Waals surface area contributed by atoms with Crippen LogP contribution in [0.4, 0.5) is 0 Å². The number of fused-ring (bicyclic) bond motifs is 3. The molecule has 0 spiro atoms. The number of piperidine rings is 1. The molecule has 3 N–H and O–H groups in total. The molecule has 1 aliphatic heterocycles. The average molecular weight is 424 g/mol. The van der Waals surface area contributed by atoms with Crippen LogP contribution >= 0.6 is 0 Å². The molecular formula is C25H31N2O4+. The van der Waals surface area contributed by atoms with Crippen molar-refractivity contribution in [2.45, 2.75) is 70.7 Å². The van der Waals surface area contributed by atoms with E-state index in [9.17, 15) is 9.59 Å². The average Bonchev–Trinajstić information content (AvgIpc) is 2.65. The van der Waals surface area contributed by atoms with Crippen molar-refractivity contribution in [1.82, 2.24) is 5.32 Å². The van der Waals surface area contributed by atoms with Gasteiger partial charge in [0.2, 0.25) is 0 Å². The molecule has 0 unspecified atom stereocenters. The number of hydrogen-bond donors (Lipinski definition) is 2.